The Morgan fingerprint density at radius 3 is 3.17 bits per heavy atom. The van der Waals surface area contributed by atoms with Crippen molar-refractivity contribution in [3.8, 4) is 0 Å². The molecule has 0 aromatic heterocycles. The lowest BCUT2D eigenvalue weighted by Crippen LogP contribution is -2.14. The third-order valence-corrected chi connectivity index (χ3v) is 4.76. The van der Waals surface area contributed by atoms with E-state index in [9.17, 15) is 4.79 Å². The molecule has 5 heteroatoms. The van der Waals surface area contributed by atoms with Gasteiger partial charge in [-0.3, -0.25) is 9.79 Å². The van der Waals surface area contributed by atoms with Crippen molar-refractivity contribution in [1.82, 2.24) is 0 Å². The van der Waals surface area contributed by atoms with Crippen molar-refractivity contribution in [2.75, 3.05) is 23.4 Å². The van der Waals surface area contributed by atoms with E-state index in [-0.39, 0.29) is 5.91 Å². The largest absolute Gasteiger partial charge is 0.325 e. The van der Waals surface area contributed by atoms with Crippen LogP contribution in [0.2, 0.25) is 0 Å². The second kappa shape index (κ2) is 6.85. The molecule has 1 N–H and O–H groups in total. The highest BCUT2D eigenvalue weighted by molar-refractivity contribution is 8.39. The normalized spacial score (nSPS) is 14.4. The molecule has 1 amide bonds. The fourth-order valence-corrected chi connectivity index (χ4v) is 3.41. The Hall–Kier alpha value is -0.940. The predicted octanol–water partition coefficient (Wildman–Crippen LogP) is 3.02. The van der Waals surface area contributed by atoms with E-state index in [0.29, 0.717) is 5.75 Å². The summed E-state index contributed by atoms with van der Waals surface area (Å²) >= 11 is 3.25. The zero-order chi connectivity index (χ0) is 12.8. The van der Waals surface area contributed by atoms with E-state index in [1.807, 2.05) is 18.2 Å². The molecule has 0 unspecified atom stereocenters. The Bertz CT molecular complexity index is 460. The number of nitrogens with zero attached hydrogens (tertiary/aromatic N) is 1. The van der Waals surface area contributed by atoms with Gasteiger partial charge in [-0.15, -0.1) is 0 Å². The van der Waals surface area contributed by atoms with Gasteiger partial charge in [-0.2, -0.15) is 0 Å². The molecule has 0 saturated carbocycles. The predicted molar refractivity (Wildman–Crippen MR) is 81.7 cm³/mol. The number of thioether (sulfide) groups is 2. The first-order valence-corrected chi connectivity index (χ1v) is 7.94. The molecular formula is C13H16N2OS2. The first-order chi connectivity index (χ1) is 8.78. The van der Waals surface area contributed by atoms with Gasteiger partial charge in [0.25, 0.3) is 0 Å². The van der Waals surface area contributed by atoms with Crippen molar-refractivity contribution in [2.45, 2.75) is 13.3 Å². The van der Waals surface area contributed by atoms with E-state index >= 15 is 0 Å². The summed E-state index contributed by atoms with van der Waals surface area (Å²) in [5.41, 5.74) is 2.11. The molecule has 0 spiro atoms. The van der Waals surface area contributed by atoms with E-state index in [1.54, 1.807) is 11.8 Å². The van der Waals surface area contributed by atoms with Crippen molar-refractivity contribution in [2.24, 2.45) is 4.99 Å². The van der Waals surface area contributed by atoms with Crippen molar-refractivity contribution in [3.05, 3.63) is 29.8 Å². The molecule has 1 aliphatic heterocycles. The second-order valence-electron chi connectivity index (χ2n) is 3.89. The Morgan fingerprint density at radius 1 is 1.56 bits per heavy atom. The number of hydrogen-bond acceptors (Lipinski definition) is 4. The fourth-order valence-electron chi connectivity index (χ4n) is 1.60. The monoisotopic (exact) mass is 280 g/mol. The molecule has 3 nitrogen and oxygen atoms in total. The Kier molecular flexibility index (Phi) is 5.13. The molecule has 18 heavy (non-hydrogen) atoms. The van der Waals surface area contributed by atoms with Gasteiger partial charge < -0.3 is 5.32 Å². The van der Waals surface area contributed by atoms with Gasteiger partial charge in [-0.25, -0.2) is 0 Å². The first-order valence-electron chi connectivity index (χ1n) is 5.97. The minimum Gasteiger partial charge on any atom is -0.325 e. The van der Waals surface area contributed by atoms with Crippen LogP contribution >= 0.6 is 23.5 Å². The van der Waals surface area contributed by atoms with Crippen LogP contribution < -0.4 is 5.32 Å². The quantitative estimate of drug-likeness (QED) is 0.921. The summed E-state index contributed by atoms with van der Waals surface area (Å²) in [5, 5.41) is 2.92. The van der Waals surface area contributed by atoms with E-state index in [1.165, 1.54) is 17.3 Å². The Labute approximate surface area is 116 Å². The smallest absolute Gasteiger partial charge is 0.234 e. The number of amides is 1. The zero-order valence-electron chi connectivity index (χ0n) is 10.3. The number of hydrogen-bond donors (Lipinski definition) is 1. The van der Waals surface area contributed by atoms with Gasteiger partial charge in [0.1, 0.15) is 4.38 Å². The van der Waals surface area contributed by atoms with Gasteiger partial charge in [0.05, 0.1) is 12.3 Å². The van der Waals surface area contributed by atoms with Crippen LogP contribution in [0.1, 0.15) is 12.5 Å². The van der Waals surface area contributed by atoms with Crippen molar-refractivity contribution < 1.29 is 4.79 Å². The van der Waals surface area contributed by atoms with Crippen molar-refractivity contribution in [1.29, 1.82) is 0 Å². The van der Waals surface area contributed by atoms with Crippen LogP contribution in [0.3, 0.4) is 0 Å². The summed E-state index contributed by atoms with van der Waals surface area (Å²) in [7, 11) is 0. The lowest BCUT2D eigenvalue weighted by molar-refractivity contribution is -0.113. The maximum atomic E-state index is 11.8. The van der Waals surface area contributed by atoms with E-state index in [0.717, 1.165) is 28.8 Å². The average molecular weight is 280 g/mol. The molecule has 1 aromatic carbocycles. The Balaban J connectivity index is 1.82. The summed E-state index contributed by atoms with van der Waals surface area (Å²) in [6, 6.07) is 7.97. The highest BCUT2D eigenvalue weighted by atomic mass is 32.2. The van der Waals surface area contributed by atoms with Crippen LogP contribution in [0, 0.1) is 0 Å². The van der Waals surface area contributed by atoms with Gasteiger partial charge >= 0.3 is 0 Å². The van der Waals surface area contributed by atoms with Crippen molar-refractivity contribution >= 4 is 39.5 Å². The van der Waals surface area contributed by atoms with Gasteiger partial charge in [0.2, 0.25) is 5.91 Å². The molecule has 2 rings (SSSR count). The maximum absolute atomic E-state index is 11.8. The molecule has 0 radical (unpaired) electrons. The highest BCUT2D eigenvalue weighted by Gasteiger charge is 2.10. The SMILES string of the molecule is CCc1cccc(NC(=O)CSC2=NCCS2)c1. The molecular weight excluding hydrogens is 264 g/mol. The van der Waals surface area contributed by atoms with Crippen LogP contribution in [0.5, 0.6) is 0 Å². The van der Waals surface area contributed by atoms with E-state index in [2.05, 4.69) is 23.3 Å². The summed E-state index contributed by atoms with van der Waals surface area (Å²) in [6.45, 7) is 2.99. The second-order valence-corrected chi connectivity index (χ2v) is 6.19. The molecule has 1 aliphatic rings. The third kappa shape index (κ3) is 4.07. The molecule has 0 bridgehead atoms. The molecule has 1 aromatic rings. The first kappa shape index (κ1) is 13.5. The molecule has 96 valence electrons. The lowest BCUT2D eigenvalue weighted by atomic mass is 10.1. The number of aliphatic imine (C=N–C) groups is 1. The minimum absolute atomic E-state index is 0.0310. The maximum Gasteiger partial charge on any atom is 0.234 e. The number of carbonyl (C=O) groups is 1. The zero-order valence-corrected chi connectivity index (χ0v) is 11.9. The lowest BCUT2D eigenvalue weighted by Gasteiger charge is -2.06. The van der Waals surface area contributed by atoms with Gasteiger partial charge in [0.15, 0.2) is 0 Å². The summed E-state index contributed by atoms with van der Waals surface area (Å²) < 4.78 is 1.03. The number of anilines is 1. The summed E-state index contributed by atoms with van der Waals surface area (Å²) in [5.74, 6) is 1.51. The summed E-state index contributed by atoms with van der Waals surface area (Å²) in [4.78, 5) is 16.1. The number of rotatable bonds is 4. The molecule has 1 heterocycles. The number of benzene rings is 1. The van der Waals surface area contributed by atoms with Crippen LogP contribution in [0.15, 0.2) is 29.3 Å². The average Bonchev–Trinajstić information content (AvgIpc) is 2.90. The molecule has 0 atom stereocenters. The molecule has 0 saturated heterocycles. The molecule has 0 aliphatic carbocycles. The van der Waals surface area contributed by atoms with Crippen LogP contribution in [0.25, 0.3) is 0 Å². The topological polar surface area (TPSA) is 41.5 Å². The Morgan fingerprint density at radius 2 is 2.44 bits per heavy atom. The van der Waals surface area contributed by atoms with Crippen LogP contribution in [-0.4, -0.2) is 28.3 Å². The minimum atomic E-state index is 0.0310. The standard InChI is InChI=1S/C13H16N2OS2/c1-2-10-4-3-5-11(8-10)15-12(16)9-18-13-14-6-7-17-13/h3-5,8H,2,6-7,9H2,1H3,(H,15,16). The molecule has 0 fully saturated rings. The van der Waals surface area contributed by atoms with Gasteiger partial charge in [-0.1, -0.05) is 42.6 Å². The van der Waals surface area contributed by atoms with E-state index in [4.69, 9.17) is 0 Å². The summed E-state index contributed by atoms with van der Waals surface area (Å²) in [6.07, 6.45) is 0.978. The highest BCUT2D eigenvalue weighted by Crippen LogP contribution is 2.22. The van der Waals surface area contributed by atoms with Gasteiger partial charge in [-0.05, 0) is 24.1 Å². The van der Waals surface area contributed by atoms with Crippen LogP contribution in [0.4, 0.5) is 5.69 Å². The van der Waals surface area contributed by atoms with Crippen LogP contribution in [-0.2, 0) is 11.2 Å². The number of aryl methyl sites for hydroxylation is 1. The van der Waals surface area contributed by atoms with Crippen molar-refractivity contribution in [3.63, 3.8) is 0 Å². The van der Waals surface area contributed by atoms with Gasteiger partial charge in [0, 0.05) is 11.4 Å². The number of nitrogens with one attached hydrogen (secondary N) is 1. The van der Waals surface area contributed by atoms with E-state index < -0.39 is 0 Å². The number of carbonyl (C=O) groups excluding carboxylic acids is 1. The third-order valence-electron chi connectivity index (χ3n) is 2.50. The fraction of sp³-hybridized carbons (Fsp3) is 0.385.